The highest BCUT2D eigenvalue weighted by Gasteiger charge is 2.28. The van der Waals surface area contributed by atoms with Crippen LogP contribution in [0.3, 0.4) is 0 Å². The van der Waals surface area contributed by atoms with Gasteiger partial charge in [0.15, 0.2) is 0 Å². The molecule has 0 spiro atoms. The molecule has 0 aromatic heterocycles. The Bertz CT molecular complexity index is 553. The number of likely N-dealkylation sites (tertiary alicyclic amines) is 1. The second-order valence-corrected chi connectivity index (χ2v) is 6.26. The SMILES string of the molecule is O=C(O)CC1CCCCN1C(=O)Nc1ccc(Br)c(Cl)c1. The number of carboxylic acids is 1. The number of carbonyl (C=O) groups excluding carboxylic acids is 1. The molecule has 1 aromatic rings. The summed E-state index contributed by atoms with van der Waals surface area (Å²) in [6, 6.07) is 4.62. The minimum Gasteiger partial charge on any atom is -0.481 e. The Hall–Kier alpha value is -1.27. The van der Waals surface area contributed by atoms with Crippen molar-refractivity contribution in [1.82, 2.24) is 4.90 Å². The van der Waals surface area contributed by atoms with Gasteiger partial charge in [0.2, 0.25) is 0 Å². The molecule has 1 unspecified atom stereocenters. The largest absolute Gasteiger partial charge is 0.481 e. The number of hydrogen-bond donors (Lipinski definition) is 2. The molecule has 114 valence electrons. The smallest absolute Gasteiger partial charge is 0.322 e. The predicted molar refractivity (Wildman–Crippen MR) is 84.8 cm³/mol. The van der Waals surface area contributed by atoms with Crippen molar-refractivity contribution < 1.29 is 14.7 Å². The minimum atomic E-state index is -0.883. The van der Waals surface area contributed by atoms with Crippen molar-refractivity contribution in [2.45, 2.75) is 31.7 Å². The van der Waals surface area contributed by atoms with Crippen molar-refractivity contribution in [3.63, 3.8) is 0 Å². The zero-order valence-corrected chi connectivity index (χ0v) is 13.7. The van der Waals surface area contributed by atoms with E-state index in [2.05, 4.69) is 21.2 Å². The summed E-state index contributed by atoms with van der Waals surface area (Å²) >= 11 is 9.28. The van der Waals surface area contributed by atoms with Gasteiger partial charge in [-0.05, 0) is 53.4 Å². The van der Waals surface area contributed by atoms with E-state index in [1.54, 1.807) is 23.1 Å². The lowest BCUT2D eigenvalue weighted by molar-refractivity contribution is -0.138. The van der Waals surface area contributed by atoms with E-state index in [-0.39, 0.29) is 18.5 Å². The van der Waals surface area contributed by atoms with Crippen molar-refractivity contribution in [2.75, 3.05) is 11.9 Å². The van der Waals surface area contributed by atoms with E-state index in [0.29, 0.717) is 17.3 Å². The zero-order valence-electron chi connectivity index (χ0n) is 11.3. The van der Waals surface area contributed by atoms with Gasteiger partial charge in [-0.25, -0.2) is 4.79 Å². The first-order chi connectivity index (χ1) is 9.97. The molecule has 7 heteroatoms. The summed E-state index contributed by atoms with van der Waals surface area (Å²) in [7, 11) is 0. The normalized spacial score (nSPS) is 18.4. The molecule has 1 aliphatic heterocycles. The highest BCUT2D eigenvalue weighted by molar-refractivity contribution is 9.10. The molecule has 0 saturated carbocycles. The van der Waals surface area contributed by atoms with Crippen LogP contribution in [0.25, 0.3) is 0 Å². The van der Waals surface area contributed by atoms with E-state index >= 15 is 0 Å². The quantitative estimate of drug-likeness (QED) is 0.840. The van der Waals surface area contributed by atoms with Gasteiger partial charge in [-0.1, -0.05) is 11.6 Å². The molecule has 0 radical (unpaired) electrons. The van der Waals surface area contributed by atoms with E-state index in [9.17, 15) is 9.59 Å². The monoisotopic (exact) mass is 374 g/mol. The number of urea groups is 1. The average Bonchev–Trinajstić information content (AvgIpc) is 2.43. The van der Waals surface area contributed by atoms with Gasteiger partial charge in [0.05, 0.1) is 11.4 Å². The molecular formula is C14H16BrClN2O3. The number of carboxylic acid groups (broad SMARTS) is 1. The lowest BCUT2D eigenvalue weighted by Crippen LogP contribution is -2.46. The third kappa shape index (κ3) is 4.35. The summed E-state index contributed by atoms with van der Waals surface area (Å²) in [5.74, 6) is -0.883. The number of amides is 2. The van der Waals surface area contributed by atoms with Crippen molar-refractivity contribution >= 4 is 45.2 Å². The van der Waals surface area contributed by atoms with Crippen LogP contribution in [0, 0.1) is 0 Å². The number of nitrogens with one attached hydrogen (secondary N) is 1. The molecule has 1 atom stereocenters. The summed E-state index contributed by atoms with van der Waals surface area (Å²) in [5, 5.41) is 12.2. The number of halogens is 2. The van der Waals surface area contributed by atoms with E-state index < -0.39 is 5.97 Å². The lowest BCUT2D eigenvalue weighted by atomic mass is 10.00. The number of nitrogens with zero attached hydrogens (tertiary/aromatic N) is 1. The van der Waals surface area contributed by atoms with Crippen molar-refractivity contribution in [3.8, 4) is 0 Å². The van der Waals surface area contributed by atoms with Crippen LogP contribution in [0.4, 0.5) is 10.5 Å². The Labute approximate surface area is 136 Å². The first-order valence-electron chi connectivity index (χ1n) is 6.72. The average molecular weight is 376 g/mol. The summed E-state index contributed by atoms with van der Waals surface area (Å²) in [4.78, 5) is 24.8. The summed E-state index contributed by atoms with van der Waals surface area (Å²) in [6.07, 6.45) is 2.55. The van der Waals surface area contributed by atoms with E-state index in [1.165, 1.54) is 0 Å². The van der Waals surface area contributed by atoms with Crippen LogP contribution in [0.5, 0.6) is 0 Å². The minimum absolute atomic E-state index is 0.0193. The molecule has 2 amide bonds. The van der Waals surface area contributed by atoms with Crippen LogP contribution in [-0.4, -0.2) is 34.6 Å². The highest BCUT2D eigenvalue weighted by Crippen LogP contribution is 2.26. The maximum absolute atomic E-state index is 12.3. The van der Waals surface area contributed by atoms with Gasteiger partial charge in [-0.3, -0.25) is 4.79 Å². The molecular weight excluding hydrogens is 360 g/mol. The third-order valence-electron chi connectivity index (χ3n) is 3.47. The molecule has 1 heterocycles. The maximum Gasteiger partial charge on any atom is 0.322 e. The van der Waals surface area contributed by atoms with Crippen LogP contribution in [0.1, 0.15) is 25.7 Å². The Kier molecular flexibility index (Phi) is 5.47. The Morgan fingerprint density at radius 3 is 2.86 bits per heavy atom. The number of piperidine rings is 1. The Morgan fingerprint density at radius 2 is 2.19 bits per heavy atom. The van der Waals surface area contributed by atoms with E-state index in [1.807, 2.05) is 0 Å². The zero-order chi connectivity index (χ0) is 15.4. The third-order valence-corrected chi connectivity index (χ3v) is 4.70. The first-order valence-corrected chi connectivity index (χ1v) is 7.89. The fraction of sp³-hybridized carbons (Fsp3) is 0.429. The lowest BCUT2D eigenvalue weighted by Gasteiger charge is -2.34. The van der Waals surface area contributed by atoms with Gasteiger partial charge in [-0.2, -0.15) is 0 Å². The van der Waals surface area contributed by atoms with Gasteiger partial charge < -0.3 is 15.3 Å². The number of aliphatic carboxylic acids is 1. The highest BCUT2D eigenvalue weighted by atomic mass is 79.9. The van der Waals surface area contributed by atoms with Crippen molar-refractivity contribution in [3.05, 3.63) is 27.7 Å². The molecule has 0 bridgehead atoms. The van der Waals surface area contributed by atoms with Gasteiger partial charge in [0, 0.05) is 22.7 Å². The van der Waals surface area contributed by atoms with Gasteiger partial charge in [0.25, 0.3) is 0 Å². The van der Waals surface area contributed by atoms with Gasteiger partial charge in [-0.15, -0.1) is 0 Å². The Morgan fingerprint density at radius 1 is 1.43 bits per heavy atom. The van der Waals surface area contributed by atoms with Crippen LogP contribution in [-0.2, 0) is 4.79 Å². The molecule has 1 aliphatic rings. The standard InChI is InChI=1S/C14H16BrClN2O3/c15-11-5-4-9(7-12(11)16)17-14(21)18-6-2-1-3-10(18)8-13(19)20/h4-5,7,10H,1-3,6,8H2,(H,17,21)(H,19,20). The van der Waals surface area contributed by atoms with E-state index in [4.69, 9.17) is 16.7 Å². The van der Waals surface area contributed by atoms with Crippen LogP contribution >= 0.6 is 27.5 Å². The van der Waals surface area contributed by atoms with Crippen LogP contribution in [0.2, 0.25) is 5.02 Å². The maximum atomic E-state index is 12.3. The Balaban J connectivity index is 2.06. The molecule has 1 aromatic carbocycles. The second-order valence-electron chi connectivity index (χ2n) is 5.00. The molecule has 0 aliphatic carbocycles. The van der Waals surface area contributed by atoms with Crippen LogP contribution in [0.15, 0.2) is 22.7 Å². The predicted octanol–water partition coefficient (Wildman–Crippen LogP) is 3.96. The molecule has 2 N–H and O–H groups in total. The first kappa shape index (κ1) is 16.1. The molecule has 2 rings (SSSR count). The fourth-order valence-electron chi connectivity index (χ4n) is 2.45. The van der Waals surface area contributed by atoms with Gasteiger partial charge >= 0.3 is 12.0 Å². The fourth-order valence-corrected chi connectivity index (χ4v) is 2.88. The summed E-state index contributed by atoms with van der Waals surface area (Å²) in [6.45, 7) is 0.577. The second kappa shape index (κ2) is 7.13. The molecule has 5 nitrogen and oxygen atoms in total. The topological polar surface area (TPSA) is 69.6 Å². The number of benzene rings is 1. The summed E-state index contributed by atoms with van der Waals surface area (Å²) in [5.41, 5.74) is 0.591. The number of anilines is 1. The number of rotatable bonds is 3. The van der Waals surface area contributed by atoms with Gasteiger partial charge in [0.1, 0.15) is 0 Å². The molecule has 1 fully saturated rings. The van der Waals surface area contributed by atoms with Crippen LogP contribution < -0.4 is 5.32 Å². The molecule has 21 heavy (non-hydrogen) atoms. The number of carbonyl (C=O) groups is 2. The summed E-state index contributed by atoms with van der Waals surface area (Å²) < 4.78 is 0.754. The number of hydrogen-bond acceptors (Lipinski definition) is 2. The molecule has 1 saturated heterocycles. The van der Waals surface area contributed by atoms with Crippen molar-refractivity contribution in [2.24, 2.45) is 0 Å². The van der Waals surface area contributed by atoms with Crippen molar-refractivity contribution in [1.29, 1.82) is 0 Å². The van der Waals surface area contributed by atoms with E-state index in [0.717, 1.165) is 23.7 Å².